The van der Waals surface area contributed by atoms with Crippen LogP contribution >= 0.6 is 12.2 Å². The van der Waals surface area contributed by atoms with Gasteiger partial charge in [-0.25, -0.2) is 0 Å². The molecule has 1 aromatic heterocycles. The lowest BCUT2D eigenvalue weighted by molar-refractivity contribution is -0.123. The molecule has 0 unspecified atom stereocenters. The predicted molar refractivity (Wildman–Crippen MR) is 114 cm³/mol. The standard InChI is InChI=1S/C19H25N5O5S/c1-11(20)18(27)22-7-6-21-17(26)10-24-14(9-16(25)23-19(24)30)13-5-4-12(28-2)8-15(13)29-3/h4-5,8-9,11H,6-7,10,20H2,1-3H3,(H,21,26)(H,22,27)(H,23,25,30)/t11-/m0/s1. The van der Waals surface area contributed by atoms with Gasteiger partial charge in [-0.1, -0.05) is 0 Å². The van der Waals surface area contributed by atoms with Gasteiger partial charge in [-0.2, -0.15) is 0 Å². The van der Waals surface area contributed by atoms with E-state index in [2.05, 4.69) is 15.6 Å². The molecule has 0 radical (unpaired) electrons. The second-order valence-corrected chi connectivity index (χ2v) is 6.79. The molecule has 2 rings (SSSR count). The Morgan fingerprint density at radius 1 is 1.20 bits per heavy atom. The smallest absolute Gasteiger partial charge is 0.252 e. The van der Waals surface area contributed by atoms with Gasteiger partial charge in [-0.15, -0.1) is 0 Å². The first-order valence-corrected chi connectivity index (χ1v) is 9.54. The molecule has 1 heterocycles. The largest absolute Gasteiger partial charge is 0.497 e. The minimum absolute atomic E-state index is 0.0933. The van der Waals surface area contributed by atoms with Crippen molar-refractivity contribution in [1.82, 2.24) is 20.2 Å². The fraction of sp³-hybridized carbons (Fsp3) is 0.368. The first kappa shape index (κ1) is 23.1. The van der Waals surface area contributed by atoms with Gasteiger partial charge in [0, 0.05) is 30.8 Å². The summed E-state index contributed by atoms with van der Waals surface area (Å²) in [5.74, 6) is 0.391. The van der Waals surface area contributed by atoms with Crippen molar-refractivity contribution in [3.8, 4) is 22.8 Å². The van der Waals surface area contributed by atoms with E-state index in [-0.39, 0.29) is 36.2 Å². The minimum atomic E-state index is -0.623. The van der Waals surface area contributed by atoms with Crippen LogP contribution in [-0.2, 0) is 16.1 Å². The lowest BCUT2D eigenvalue weighted by atomic mass is 10.1. The van der Waals surface area contributed by atoms with E-state index >= 15 is 0 Å². The number of aromatic amines is 1. The van der Waals surface area contributed by atoms with Crippen LogP contribution in [0.15, 0.2) is 29.1 Å². The molecular formula is C19H25N5O5S. The molecule has 0 saturated heterocycles. The maximum Gasteiger partial charge on any atom is 0.252 e. The molecule has 162 valence electrons. The fourth-order valence-corrected chi connectivity index (χ4v) is 2.92. The van der Waals surface area contributed by atoms with E-state index in [1.165, 1.54) is 24.9 Å². The van der Waals surface area contributed by atoms with Crippen molar-refractivity contribution in [3.63, 3.8) is 0 Å². The number of ether oxygens (including phenoxy) is 2. The summed E-state index contributed by atoms with van der Waals surface area (Å²) in [6, 6.07) is 5.83. The number of hydrogen-bond acceptors (Lipinski definition) is 7. The Morgan fingerprint density at radius 3 is 2.53 bits per heavy atom. The average Bonchev–Trinajstić information content (AvgIpc) is 2.72. The third-order valence-electron chi connectivity index (χ3n) is 4.18. The zero-order valence-electron chi connectivity index (χ0n) is 17.0. The van der Waals surface area contributed by atoms with Crippen molar-refractivity contribution in [2.45, 2.75) is 19.5 Å². The van der Waals surface area contributed by atoms with Gasteiger partial charge in [0.2, 0.25) is 11.8 Å². The molecule has 5 N–H and O–H groups in total. The van der Waals surface area contributed by atoms with Gasteiger partial charge in [-0.3, -0.25) is 19.4 Å². The maximum atomic E-state index is 12.4. The summed E-state index contributed by atoms with van der Waals surface area (Å²) in [7, 11) is 3.03. The first-order valence-electron chi connectivity index (χ1n) is 9.13. The van der Waals surface area contributed by atoms with Crippen molar-refractivity contribution in [2.24, 2.45) is 5.73 Å². The molecule has 0 bridgehead atoms. The highest BCUT2D eigenvalue weighted by Gasteiger charge is 2.15. The molecule has 30 heavy (non-hydrogen) atoms. The number of amides is 2. The monoisotopic (exact) mass is 435 g/mol. The van der Waals surface area contributed by atoms with E-state index in [4.69, 9.17) is 27.4 Å². The van der Waals surface area contributed by atoms with Gasteiger partial charge in [0.25, 0.3) is 5.56 Å². The van der Waals surface area contributed by atoms with Crippen molar-refractivity contribution >= 4 is 24.0 Å². The third kappa shape index (κ3) is 5.91. The van der Waals surface area contributed by atoms with Crippen molar-refractivity contribution in [3.05, 3.63) is 39.4 Å². The summed E-state index contributed by atoms with van der Waals surface area (Å²) in [6.07, 6.45) is 0. The summed E-state index contributed by atoms with van der Waals surface area (Å²) >= 11 is 5.26. The van der Waals surface area contributed by atoms with Crippen molar-refractivity contribution in [2.75, 3.05) is 27.3 Å². The Labute approximate surface area is 178 Å². The number of nitrogens with one attached hydrogen (secondary N) is 3. The Kier molecular flexibility index (Phi) is 8.13. The molecule has 0 aliphatic rings. The van der Waals surface area contributed by atoms with Crippen LogP contribution < -0.4 is 31.4 Å². The molecule has 10 nitrogen and oxygen atoms in total. The van der Waals surface area contributed by atoms with Crippen LogP contribution in [0.1, 0.15) is 6.92 Å². The van der Waals surface area contributed by atoms with Gasteiger partial charge in [-0.05, 0) is 31.3 Å². The highest BCUT2D eigenvalue weighted by atomic mass is 32.1. The number of hydrogen-bond donors (Lipinski definition) is 4. The predicted octanol–water partition coefficient (Wildman–Crippen LogP) is 0.170. The average molecular weight is 436 g/mol. The fourth-order valence-electron chi connectivity index (χ4n) is 2.66. The number of carbonyl (C=O) groups excluding carboxylic acids is 2. The van der Waals surface area contributed by atoms with Crippen LogP contribution in [0.4, 0.5) is 0 Å². The van der Waals surface area contributed by atoms with Crippen LogP contribution in [0.3, 0.4) is 0 Å². The second-order valence-electron chi connectivity index (χ2n) is 6.41. The highest BCUT2D eigenvalue weighted by molar-refractivity contribution is 7.71. The van der Waals surface area contributed by atoms with Crippen LogP contribution in [-0.4, -0.2) is 54.7 Å². The summed E-state index contributed by atoms with van der Waals surface area (Å²) in [5, 5.41) is 5.29. The summed E-state index contributed by atoms with van der Waals surface area (Å²) in [4.78, 5) is 38.4. The Balaban J connectivity index is 2.24. The summed E-state index contributed by atoms with van der Waals surface area (Å²) < 4.78 is 12.2. The Morgan fingerprint density at radius 2 is 1.90 bits per heavy atom. The SMILES string of the molecule is COc1ccc(-c2cc(=O)[nH]c(=S)n2CC(=O)NCCNC(=O)[C@H](C)N)c(OC)c1. The number of nitrogens with two attached hydrogens (primary N) is 1. The number of H-pyrrole nitrogens is 1. The van der Waals surface area contributed by atoms with E-state index in [0.717, 1.165) is 0 Å². The number of rotatable bonds is 9. The molecule has 1 atom stereocenters. The van der Waals surface area contributed by atoms with Gasteiger partial charge in [0.15, 0.2) is 4.77 Å². The maximum absolute atomic E-state index is 12.4. The van der Waals surface area contributed by atoms with Crippen LogP contribution in [0.25, 0.3) is 11.3 Å². The summed E-state index contributed by atoms with van der Waals surface area (Å²) in [6.45, 7) is 1.89. The zero-order chi connectivity index (χ0) is 22.3. The lowest BCUT2D eigenvalue weighted by Crippen LogP contribution is -2.42. The van der Waals surface area contributed by atoms with Gasteiger partial charge < -0.3 is 30.4 Å². The van der Waals surface area contributed by atoms with Crippen LogP contribution in [0, 0.1) is 4.77 Å². The molecule has 0 aliphatic heterocycles. The van der Waals surface area contributed by atoms with Gasteiger partial charge >= 0.3 is 0 Å². The van der Waals surface area contributed by atoms with Crippen LogP contribution in [0.2, 0.25) is 0 Å². The topological polar surface area (TPSA) is 140 Å². The molecule has 0 aliphatic carbocycles. The molecule has 2 amide bonds. The summed E-state index contributed by atoms with van der Waals surface area (Å²) in [5.41, 5.74) is 6.06. The van der Waals surface area contributed by atoms with Gasteiger partial charge in [0.1, 0.15) is 18.0 Å². The molecule has 1 aromatic carbocycles. The quantitative estimate of drug-likeness (QED) is 0.325. The van der Waals surface area contributed by atoms with E-state index in [0.29, 0.717) is 22.8 Å². The molecule has 2 aromatic rings. The van der Waals surface area contributed by atoms with E-state index in [1.807, 2.05) is 0 Å². The Bertz CT molecular complexity index is 1030. The highest BCUT2D eigenvalue weighted by Crippen LogP contribution is 2.32. The van der Waals surface area contributed by atoms with Gasteiger partial charge in [0.05, 0.1) is 26.0 Å². The Hall–Kier alpha value is -3.18. The third-order valence-corrected chi connectivity index (χ3v) is 4.50. The van der Waals surface area contributed by atoms with E-state index in [9.17, 15) is 14.4 Å². The minimum Gasteiger partial charge on any atom is -0.497 e. The number of benzene rings is 1. The van der Waals surface area contributed by atoms with E-state index < -0.39 is 11.6 Å². The van der Waals surface area contributed by atoms with E-state index in [1.54, 1.807) is 25.1 Å². The molecule has 11 heteroatoms. The molecular weight excluding hydrogens is 410 g/mol. The first-order chi connectivity index (χ1) is 14.3. The molecule has 0 saturated carbocycles. The van der Waals surface area contributed by atoms with Crippen molar-refractivity contribution < 1.29 is 19.1 Å². The molecule has 0 fully saturated rings. The van der Waals surface area contributed by atoms with Crippen molar-refractivity contribution in [1.29, 1.82) is 0 Å². The number of carbonyl (C=O) groups is 2. The second kappa shape index (κ2) is 10.6. The normalized spacial score (nSPS) is 11.5. The number of aromatic nitrogens is 2. The zero-order valence-corrected chi connectivity index (χ0v) is 17.8. The number of methoxy groups -OCH3 is 2. The number of nitrogens with zero attached hydrogens (tertiary/aromatic N) is 1. The lowest BCUT2D eigenvalue weighted by Gasteiger charge is -2.16. The van der Waals surface area contributed by atoms with Crippen LogP contribution in [0.5, 0.6) is 11.5 Å². The molecule has 0 spiro atoms.